The van der Waals surface area contributed by atoms with Gasteiger partial charge in [-0.1, -0.05) is 57.4 Å². The first-order valence-corrected chi connectivity index (χ1v) is 13.6. The Hall–Kier alpha value is -2.19. The van der Waals surface area contributed by atoms with E-state index in [1.54, 1.807) is 29.8 Å². The first-order valence-electron chi connectivity index (χ1n) is 11.7. The number of hydrogen-bond donors (Lipinski definition) is 0. The van der Waals surface area contributed by atoms with Crippen LogP contribution >= 0.6 is 46.1 Å². The van der Waals surface area contributed by atoms with Gasteiger partial charge in [-0.3, -0.25) is 4.98 Å². The highest BCUT2D eigenvalue weighted by Gasteiger charge is 2.44. The maximum atomic E-state index is 6.49. The predicted octanol–water partition coefficient (Wildman–Crippen LogP) is 7.65. The van der Waals surface area contributed by atoms with Gasteiger partial charge in [-0.05, 0) is 55.2 Å². The van der Waals surface area contributed by atoms with E-state index in [0.717, 1.165) is 77.7 Å². The standard InChI is InChI=1S/C25H20Cl3N5OS/c26-15-11-29-12-16(27)20(15)21-19(22(34-32-21)13-1-2-13)14-9-25(10-14)5-7-33(8-6-25)24-30-17-3-4-18(28)31-23(17)35-24/h3-4,9,11-13H,1-2,5-8,10H2. The maximum Gasteiger partial charge on any atom is 0.187 e. The van der Waals surface area contributed by atoms with Crippen molar-refractivity contribution >= 4 is 67.2 Å². The van der Waals surface area contributed by atoms with Crippen LogP contribution in [0.25, 0.3) is 27.2 Å². The van der Waals surface area contributed by atoms with Crippen molar-refractivity contribution in [2.75, 3.05) is 18.0 Å². The Morgan fingerprint density at radius 1 is 1.00 bits per heavy atom. The summed E-state index contributed by atoms with van der Waals surface area (Å²) in [4.78, 5) is 16.5. The number of halogens is 3. The lowest BCUT2D eigenvalue weighted by Crippen LogP contribution is -2.42. The third-order valence-corrected chi connectivity index (χ3v) is 9.15. The van der Waals surface area contributed by atoms with Crippen LogP contribution in [0.3, 0.4) is 0 Å². The average Bonchev–Trinajstić information content (AvgIpc) is 3.44. The van der Waals surface area contributed by atoms with Crippen molar-refractivity contribution in [3.8, 4) is 11.3 Å². The molecule has 0 radical (unpaired) electrons. The average molecular weight is 545 g/mol. The Labute approximate surface area is 220 Å². The smallest absolute Gasteiger partial charge is 0.187 e. The van der Waals surface area contributed by atoms with Gasteiger partial charge >= 0.3 is 0 Å². The van der Waals surface area contributed by atoms with Crippen molar-refractivity contribution in [1.82, 2.24) is 20.1 Å². The molecule has 1 saturated carbocycles. The Morgan fingerprint density at radius 3 is 2.46 bits per heavy atom. The normalized spacial score (nSPS) is 19.3. The molecule has 5 heterocycles. The number of fused-ring (bicyclic) bond motifs is 1. The summed E-state index contributed by atoms with van der Waals surface area (Å²) < 4.78 is 5.87. The molecule has 0 N–H and O–H groups in total. The third kappa shape index (κ3) is 3.75. The molecule has 0 aromatic carbocycles. The minimum absolute atomic E-state index is 0.200. The van der Waals surface area contributed by atoms with Gasteiger partial charge in [0.25, 0.3) is 0 Å². The molecule has 178 valence electrons. The van der Waals surface area contributed by atoms with E-state index in [2.05, 4.69) is 26.1 Å². The molecule has 0 unspecified atom stereocenters. The topological polar surface area (TPSA) is 67.9 Å². The second kappa shape index (κ2) is 8.17. The molecule has 0 bridgehead atoms. The second-order valence-corrected chi connectivity index (χ2v) is 11.8. The molecule has 0 atom stereocenters. The molecule has 6 nitrogen and oxygen atoms in total. The first kappa shape index (κ1) is 22.0. The number of anilines is 1. The van der Waals surface area contributed by atoms with Crippen LogP contribution in [0.15, 0.2) is 35.1 Å². The monoisotopic (exact) mass is 543 g/mol. The lowest BCUT2D eigenvalue weighted by atomic mass is 9.63. The molecule has 1 aliphatic heterocycles. The fourth-order valence-corrected chi connectivity index (χ4v) is 7.04. The maximum absolute atomic E-state index is 6.49. The Bertz CT molecular complexity index is 1480. The SMILES string of the molecule is Clc1ccc2nc(N3CCC4(C=C(c5c(-c6c(Cl)cncc6Cl)noc5C5CC5)C4)CC3)sc2n1. The molecule has 35 heavy (non-hydrogen) atoms. The minimum Gasteiger partial charge on any atom is -0.360 e. The molecule has 7 rings (SSSR count). The van der Waals surface area contributed by atoms with E-state index in [1.165, 1.54) is 5.57 Å². The summed E-state index contributed by atoms with van der Waals surface area (Å²) in [5.74, 6) is 1.41. The van der Waals surface area contributed by atoms with Crippen molar-refractivity contribution in [1.29, 1.82) is 0 Å². The van der Waals surface area contributed by atoms with Gasteiger partial charge in [-0.2, -0.15) is 0 Å². The third-order valence-electron chi connectivity index (χ3n) is 7.34. The summed E-state index contributed by atoms with van der Waals surface area (Å²) in [5.41, 5.74) is 4.93. The molecule has 1 saturated heterocycles. The minimum atomic E-state index is 0.200. The van der Waals surface area contributed by atoms with Crippen LogP contribution in [0.2, 0.25) is 15.2 Å². The van der Waals surface area contributed by atoms with Crippen molar-refractivity contribution in [3.63, 3.8) is 0 Å². The second-order valence-electron chi connectivity index (χ2n) is 9.67. The Kier molecular flexibility index (Phi) is 5.14. The van der Waals surface area contributed by atoms with E-state index in [4.69, 9.17) is 44.3 Å². The number of pyridine rings is 2. The largest absolute Gasteiger partial charge is 0.360 e. The van der Waals surface area contributed by atoms with Crippen molar-refractivity contribution in [3.05, 3.63) is 57.1 Å². The highest BCUT2D eigenvalue weighted by atomic mass is 35.5. The van der Waals surface area contributed by atoms with Crippen LogP contribution < -0.4 is 4.90 Å². The number of allylic oxidation sites excluding steroid dienone is 2. The predicted molar refractivity (Wildman–Crippen MR) is 141 cm³/mol. The van der Waals surface area contributed by atoms with Crippen LogP contribution in [0.1, 0.15) is 49.3 Å². The van der Waals surface area contributed by atoms with Crippen molar-refractivity contribution in [2.24, 2.45) is 5.41 Å². The van der Waals surface area contributed by atoms with E-state index >= 15 is 0 Å². The molecule has 1 spiro atoms. The van der Waals surface area contributed by atoms with E-state index in [9.17, 15) is 0 Å². The van der Waals surface area contributed by atoms with Crippen LogP contribution in [0.5, 0.6) is 0 Å². The molecule has 2 aliphatic carbocycles. The zero-order valence-corrected chi connectivity index (χ0v) is 21.7. The summed E-state index contributed by atoms with van der Waals surface area (Å²) >= 11 is 20.6. The van der Waals surface area contributed by atoms with E-state index in [1.807, 2.05) is 6.07 Å². The molecule has 4 aromatic rings. The van der Waals surface area contributed by atoms with Crippen LogP contribution in [0, 0.1) is 5.41 Å². The Morgan fingerprint density at radius 2 is 1.74 bits per heavy atom. The first-order chi connectivity index (χ1) is 17.0. The van der Waals surface area contributed by atoms with Gasteiger partial charge in [-0.15, -0.1) is 0 Å². The number of aromatic nitrogens is 4. The fraction of sp³-hybridized carbons (Fsp3) is 0.360. The molecular weight excluding hydrogens is 525 g/mol. The van der Waals surface area contributed by atoms with Gasteiger partial charge in [0.15, 0.2) is 5.13 Å². The lowest BCUT2D eigenvalue weighted by Gasteiger charge is -2.46. The van der Waals surface area contributed by atoms with Crippen molar-refractivity contribution in [2.45, 2.75) is 38.0 Å². The summed E-state index contributed by atoms with van der Waals surface area (Å²) in [5, 5.41) is 6.95. The van der Waals surface area contributed by atoms with Gasteiger partial charge in [0.05, 0.1) is 10.0 Å². The van der Waals surface area contributed by atoms with Crippen LogP contribution in [-0.2, 0) is 0 Å². The summed E-state index contributed by atoms with van der Waals surface area (Å²) in [7, 11) is 0. The number of hydrogen-bond acceptors (Lipinski definition) is 7. The van der Waals surface area contributed by atoms with Gasteiger partial charge in [0.2, 0.25) is 0 Å². The fourth-order valence-electron chi connectivity index (χ4n) is 5.31. The highest BCUT2D eigenvalue weighted by Crippen LogP contribution is 2.56. The zero-order chi connectivity index (χ0) is 23.7. The van der Waals surface area contributed by atoms with Gasteiger partial charge in [0.1, 0.15) is 27.0 Å². The van der Waals surface area contributed by atoms with E-state index in [-0.39, 0.29) is 5.41 Å². The molecular formula is C25H20Cl3N5OS. The number of rotatable bonds is 4. The van der Waals surface area contributed by atoms with E-state index in [0.29, 0.717) is 26.7 Å². The summed E-state index contributed by atoms with van der Waals surface area (Å²) in [6.45, 7) is 1.93. The molecule has 0 amide bonds. The number of piperidine rings is 1. The molecule has 3 aliphatic rings. The van der Waals surface area contributed by atoms with Gasteiger partial charge in [0, 0.05) is 42.5 Å². The van der Waals surface area contributed by atoms with Crippen LogP contribution in [-0.4, -0.2) is 33.2 Å². The Balaban J connectivity index is 1.16. The molecule has 4 aromatic heterocycles. The van der Waals surface area contributed by atoms with E-state index < -0.39 is 0 Å². The number of nitrogens with zero attached hydrogens (tertiary/aromatic N) is 5. The van der Waals surface area contributed by atoms with Crippen molar-refractivity contribution < 1.29 is 4.52 Å². The summed E-state index contributed by atoms with van der Waals surface area (Å²) in [6.07, 6.45) is 11.1. The number of thiazole rings is 1. The molecule has 10 heteroatoms. The van der Waals surface area contributed by atoms with Gasteiger partial charge in [-0.25, -0.2) is 9.97 Å². The highest BCUT2D eigenvalue weighted by molar-refractivity contribution is 7.21. The van der Waals surface area contributed by atoms with Crippen LogP contribution in [0.4, 0.5) is 5.13 Å². The quantitative estimate of drug-likeness (QED) is 0.246. The lowest BCUT2D eigenvalue weighted by molar-refractivity contribution is 0.277. The van der Waals surface area contributed by atoms with Gasteiger partial charge < -0.3 is 9.42 Å². The summed E-state index contributed by atoms with van der Waals surface area (Å²) in [6, 6.07) is 3.73. The zero-order valence-electron chi connectivity index (χ0n) is 18.6. The molecule has 2 fully saturated rings.